The van der Waals surface area contributed by atoms with E-state index in [-0.39, 0.29) is 0 Å². The molecule has 2 N–H and O–H groups in total. The summed E-state index contributed by atoms with van der Waals surface area (Å²) in [5.41, 5.74) is 2.36. The van der Waals surface area contributed by atoms with Crippen LogP contribution in [0.3, 0.4) is 0 Å². The van der Waals surface area contributed by atoms with Crippen LogP contribution >= 0.6 is 0 Å². The van der Waals surface area contributed by atoms with Crippen molar-refractivity contribution in [1.82, 2.24) is 10.3 Å². The summed E-state index contributed by atoms with van der Waals surface area (Å²) in [6, 6.07) is 11.0. The molecular weight excluding hydrogens is 234 g/mol. The third-order valence-electron chi connectivity index (χ3n) is 3.06. The van der Waals surface area contributed by atoms with Crippen molar-refractivity contribution < 1.29 is 0 Å². The first kappa shape index (κ1) is 13.8. The van der Waals surface area contributed by atoms with Crippen molar-refractivity contribution in [2.75, 3.05) is 11.9 Å². The predicted molar refractivity (Wildman–Crippen MR) is 82.5 cm³/mol. The molecule has 0 bridgehead atoms. The molecule has 0 spiro atoms. The Labute approximate surface area is 115 Å². The molecule has 0 aliphatic rings. The first-order chi connectivity index (χ1) is 9.20. The summed E-state index contributed by atoms with van der Waals surface area (Å²) < 4.78 is 0. The van der Waals surface area contributed by atoms with E-state index < -0.39 is 0 Å². The molecule has 1 heterocycles. The van der Waals surface area contributed by atoms with Gasteiger partial charge in [0.15, 0.2) is 0 Å². The number of nitrogens with zero attached hydrogens (tertiary/aromatic N) is 1. The minimum absolute atomic E-state index is 0.485. The second kappa shape index (κ2) is 6.53. The Balaban J connectivity index is 2.33. The molecule has 102 valence electrons. The van der Waals surface area contributed by atoms with E-state index in [2.05, 4.69) is 60.7 Å². The van der Waals surface area contributed by atoms with Gasteiger partial charge in [-0.15, -0.1) is 0 Å². The summed E-state index contributed by atoms with van der Waals surface area (Å²) in [4.78, 5) is 4.66. The molecule has 0 fully saturated rings. The van der Waals surface area contributed by atoms with Gasteiger partial charge in [0.05, 0.1) is 5.52 Å². The zero-order valence-corrected chi connectivity index (χ0v) is 12.0. The molecule has 1 aromatic heterocycles. The van der Waals surface area contributed by atoms with Gasteiger partial charge in [0.1, 0.15) is 5.82 Å². The molecule has 0 saturated carbocycles. The minimum atomic E-state index is 0.485. The summed E-state index contributed by atoms with van der Waals surface area (Å²) in [5, 5.41) is 8.09. The van der Waals surface area contributed by atoms with E-state index in [1.165, 1.54) is 10.9 Å². The lowest BCUT2D eigenvalue weighted by molar-refractivity contribution is 0.590. The molecule has 3 nitrogen and oxygen atoms in total. The van der Waals surface area contributed by atoms with Crippen LogP contribution in [-0.2, 0) is 6.54 Å². The highest BCUT2D eigenvalue weighted by molar-refractivity contribution is 5.84. The lowest BCUT2D eigenvalue weighted by atomic mass is 10.1. The predicted octanol–water partition coefficient (Wildman–Crippen LogP) is 3.55. The zero-order chi connectivity index (χ0) is 13.7. The third-order valence-corrected chi connectivity index (χ3v) is 3.06. The van der Waals surface area contributed by atoms with Gasteiger partial charge in [0.25, 0.3) is 0 Å². The monoisotopic (exact) mass is 257 g/mol. The average molecular weight is 257 g/mol. The third kappa shape index (κ3) is 3.67. The van der Waals surface area contributed by atoms with E-state index in [0.717, 1.165) is 30.8 Å². The summed E-state index contributed by atoms with van der Waals surface area (Å²) in [7, 11) is 0. The number of para-hydroxylation sites is 1. The van der Waals surface area contributed by atoms with Crippen LogP contribution in [0, 0.1) is 0 Å². The molecule has 2 aromatic rings. The molecule has 0 saturated heterocycles. The highest BCUT2D eigenvalue weighted by Crippen LogP contribution is 2.20. The number of pyridine rings is 1. The number of hydrogen-bond donors (Lipinski definition) is 2. The molecule has 3 heteroatoms. The SMILES string of the molecule is CCCNc1cc(CNC(C)C)c2ccccc2n1. The highest BCUT2D eigenvalue weighted by Gasteiger charge is 2.05. The van der Waals surface area contributed by atoms with Crippen LogP contribution in [0.25, 0.3) is 10.9 Å². The van der Waals surface area contributed by atoms with Crippen molar-refractivity contribution in [3.63, 3.8) is 0 Å². The Morgan fingerprint density at radius 1 is 1.21 bits per heavy atom. The summed E-state index contributed by atoms with van der Waals surface area (Å²) in [6.07, 6.45) is 1.11. The number of anilines is 1. The van der Waals surface area contributed by atoms with Crippen molar-refractivity contribution in [3.05, 3.63) is 35.9 Å². The summed E-state index contributed by atoms with van der Waals surface area (Å²) in [6.45, 7) is 8.33. The number of hydrogen-bond acceptors (Lipinski definition) is 3. The molecule has 0 radical (unpaired) electrons. The van der Waals surface area contributed by atoms with Crippen molar-refractivity contribution >= 4 is 16.7 Å². The topological polar surface area (TPSA) is 37.0 Å². The van der Waals surface area contributed by atoms with Crippen LogP contribution < -0.4 is 10.6 Å². The van der Waals surface area contributed by atoms with Crippen molar-refractivity contribution in [1.29, 1.82) is 0 Å². The van der Waals surface area contributed by atoms with E-state index in [1.54, 1.807) is 0 Å². The van der Waals surface area contributed by atoms with E-state index in [1.807, 2.05) is 6.07 Å². The Morgan fingerprint density at radius 2 is 2.00 bits per heavy atom. The van der Waals surface area contributed by atoms with Gasteiger partial charge in [-0.2, -0.15) is 0 Å². The maximum Gasteiger partial charge on any atom is 0.126 e. The Morgan fingerprint density at radius 3 is 2.74 bits per heavy atom. The molecule has 19 heavy (non-hydrogen) atoms. The molecule has 0 atom stereocenters. The number of aromatic nitrogens is 1. The van der Waals surface area contributed by atoms with E-state index in [4.69, 9.17) is 0 Å². The number of benzene rings is 1. The van der Waals surface area contributed by atoms with Crippen LogP contribution in [0.5, 0.6) is 0 Å². The van der Waals surface area contributed by atoms with Crippen LogP contribution in [0.2, 0.25) is 0 Å². The molecule has 1 aromatic carbocycles. The Kier molecular flexibility index (Phi) is 4.74. The maximum atomic E-state index is 4.66. The van der Waals surface area contributed by atoms with Gasteiger partial charge >= 0.3 is 0 Å². The minimum Gasteiger partial charge on any atom is -0.370 e. The fraction of sp³-hybridized carbons (Fsp3) is 0.438. The van der Waals surface area contributed by atoms with Gasteiger partial charge in [-0.1, -0.05) is 39.0 Å². The smallest absolute Gasteiger partial charge is 0.126 e. The van der Waals surface area contributed by atoms with Crippen LogP contribution in [0.15, 0.2) is 30.3 Å². The molecule has 0 aliphatic heterocycles. The van der Waals surface area contributed by atoms with Gasteiger partial charge in [-0.3, -0.25) is 0 Å². The van der Waals surface area contributed by atoms with Crippen molar-refractivity contribution in [2.45, 2.75) is 39.8 Å². The zero-order valence-electron chi connectivity index (χ0n) is 12.0. The molecule has 0 unspecified atom stereocenters. The fourth-order valence-electron chi connectivity index (χ4n) is 2.05. The molecular formula is C16H23N3. The first-order valence-corrected chi connectivity index (χ1v) is 7.06. The van der Waals surface area contributed by atoms with E-state index in [9.17, 15) is 0 Å². The second-order valence-corrected chi connectivity index (χ2v) is 5.15. The Bertz CT molecular complexity index is 535. The Hall–Kier alpha value is -1.61. The lowest BCUT2D eigenvalue weighted by Gasteiger charge is -2.13. The quantitative estimate of drug-likeness (QED) is 0.831. The second-order valence-electron chi connectivity index (χ2n) is 5.15. The van der Waals surface area contributed by atoms with Gasteiger partial charge in [-0.05, 0) is 24.1 Å². The summed E-state index contributed by atoms with van der Waals surface area (Å²) in [5.74, 6) is 0.973. The molecule has 0 amide bonds. The van der Waals surface area contributed by atoms with Gasteiger partial charge < -0.3 is 10.6 Å². The molecule has 0 aliphatic carbocycles. The van der Waals surface area contributed by atoms with Crippen LogP contribution in [-0.4, -0.2) is 17.6 Å². The number of nitrogens with one attached hydrogen (secondary N) is 2. The van der Waals surface area contributed by atoms with Crippen LogP contribution in [0.1, 0.15) is 32.8 Å². The van der Waals surface area contributed by atoms with Crippen molar-refractivity contribution in [2.24, 2.45) is 0 Å². The fourth-order valence-corrected chi connectivity index (χ4v) is 2.05. The number of rotatable bonds is 6. The van der Waals surface area contributed by atoms with Crippen molar-refractivity contribution in [3.8, 4) is 0 Å². The standard InChI is InChI=1S/C16H23N3/c1-4-9-17-16-10-13(11-18-12(2)3)14-7-5-6-8-15(14)19-16/h5-8,10,12,18H,4,9,11H2,1-3H3,(H,17,19). The molecule has 2 rings (SSSR count). The lowest BCUT2D eigenvalue weighted by Crippen LogP contribution is -2.22. The van der Waals surface area contributed by atoms with E-state index >= 15 is 0 Å². The maximum absolute atomic E-state index is 4.66. The largest absolute Gasteiger partial charge is 0.370 e. The first-order valence-electron chi connectivity index (χ1n) is 7.06. The number of fused-ring (bicyclic) bond motifs is 1. The summed E-state index contributed by atoms with van der Waals surface area (Å²) >= 11 is 0. The average Bonchev–Trinajstić information content (AvgIpc) is 2.42. The normalized spacial score (nSPS) is 11.2. The van der Waals surface area contributed by atoms with Gasteiger partial charge in [-0.25, -0.2) is 4.98 Å². The van der Waals surface area contributed by atoms with E-state index in [0.29, 0.717) is 6.04 Å². The highest BCUT2D eigenvalue weighted by atomic mass is 15.0. The van der Waals surface area contributed by atoms with Gasteiger partial charge in [0.2, 0.25) is 0 Å². The van der Waals surface area contributed by atoms with Crippen LogP contribution in [0.4, 0.5) is 5.82 Å². The van der Waals surface area contributed by atoms with Gasteiger partial charge in [0, 0.05) is 24.5 Å².